The molecule has 0 bridgehead atoms. The lowest BCUT2D eigenvalue weighted by molar-refractivity contribution is 0.0830. The van der Waals surface area contributed by atoms with Crippen LogP contribution in [0.15, 0.2) is 0 Å². The van der Waals surface area contributed by atoms with Gasteiger partial charge < -0.3 is 5.73 Å². The number of hydrogen-bond acceptors (Lipinski definition) is 3. The van der Waals surface area contributed by atoms with Crippen molar-refractivity contribution < 1.29 is 0 Å². The Bertz CT molecular complexity index is 273. The van der Waals surface area contributed by atoms with Gasteiger partial charge >= 0.3 is 0 Å². The van der Waals surface area contributed by atoms with Crippen LogP contribution in [0.1, 0.15) is 52.9 Å². The number of likely N-dealkylation sites (tertiary alicyclic amines) is 1. The van der Waals surface area contributed by atoms with E-state index in [1.54, 1.807) is 0 Å². The monoisotopic (exact) mass is 267 g/mol. The van der Waals surface area contributed by atoms with Crippen LogP contribution >= 0.6 is 0 Å². The molecule has 2 N–H and O–H groups in total. The third-order valence-electron chi connectivity index (χ3n) is 5.49. The molecule has 0 aromatic heterocycles. The standard InChI is InChI=1S/C16H33N3/c1-4-14(5-2)11-19(6-3)16(12-17)9-10-18(13-16)15-7-8-15/h14-15H,4-13,17H2,1-3H3. The highest BCUT2D eigenvalue weighted by Gasteiger charge is 2.45. The van der Waals surface area contributed by atoms with E-state index in [1.807, 2.05) is 0 Å². The molecule has 3 nitrogen and oxygen atoms in total. The molecular formula is C16H33N3. The Labute approximate surface area is 119 Å². The Kier molecular flexibility index (Phi) is 5.27. The second-order valence-electron chi connectivity index (χ2n) is 6.60. The highest BCUT2D eigenvalue weighted by molar-refractivity contribution is 5.03. The quantitative estimate of drug-likeness (QED) is 0.732. The van der Waals surface area contributed by atoms with Gasteiger partial charge in [0.05, 0.1) is 0 Å². The molecule has 1 atom stereocenters. The van der Waals surface area contributed by atoms with Crippen LogP contribution in [0.4, 0.5) is 0 Å². The lowest BCUT2D eigenvalue weighted by atomic mass is 9.93. The van der Waals surface area contributed by atoms with Gasteiger partial charge in [0, 0.05) is 37.8 Å². The van der Waals surface area contributed by atoms with Crippen LogP contribution in [0.5, 0.6) is 0 Å². The number of hydrogen-bond donors (Lipinski definition) is 1. The summed E-state index contributed by atoms with van der Waals surface area (Å²) >= 11 is 0. The summed E-state index contributed by atoms with van der Waals surface area (Å²) in [5, 5.41) is 0. The maximum atomic E-state index is 6.22. The highest BCUT2D eigenvalue weighted by Crippen LogP contribution is 2.36. The Morgan fingerprint density at radius 1 is 1.26 bits per heavy atom. The number of nitrogens with two attached hydrogens (primary N) is 1. The molecule has 0 spiro atoms. The molecule has 1 heterocycles. The van der Waals surface area contributed by atoms with Gasteiger partial charge in [-0.15, -0.1) is 0 Å². The van der Waals surface area contributed by atoms with E-state index >= 15 is 0 Å². The first kappa shape index (κ1) is 15.3. The lowest BCUT2D eigenvalue weighted by Gasteiger charge is -2.42. The van der Waals surface area contributed by atoms with Crippen molar-refractivity contribution in [2.75, 3.05) is 32.7 Å². The molecule has 0 aromatic rings. The molecule has 0 radical (unpaired) electrons. The van der Waals surface area contributed by atoms with Crippen LogP contribution in [-0.2, 0) is 0 Å². The molecule has 1 aliphatic heterocycles. The largest absolute Gasteiger partial charge is 0.329 e. The summed E-state index contributed by atoms with van der Waals surface area (Å²) in [6, 6.07) is 0.889. The smallest absolute Gasteiger partial charge is 0.0470 e. The SMILES string of the molecule is CCC(CC)CN(CC)C1(CN)CCN(C2CC2)C1. The van der Waals surface area contributed by atoms with Crippen molar-refractivity contribution in [3.63, 3.8) is 0 Å². The van der Waals surface area contributed by atoms with Gasteiger partial charge in [-0.05, 0) is 31.7 Å². The minimum absolute atomic E-state index is 0.264. The molecule has 0 amide bonds. The summed E-state index contributed by atoms with van der Waals surface area (Å²) in [5.74, 6) is 0.832. The van der Waals surface area contributed by atoms with Gasteiger partial charge in [-0.1, -0.05) is 33.6 Å². The fourth-order valence-corrected chi connectivity index (χ4v) is 3.71. The van der Waals surface area contributed by atoms with Crippen molar-refractivity contribution >= 4 is 0 Å². The molecule has 0 aromatic carbocycles. The Morgan fingerprint density at radius 2 is 1.95 bits per heavy atom. The topological polar surface area (TPSA) is 32.5 Å². The van der Waals surface area contributed by atoms with Crippen LogP contribution in [0.3, 0.4) is 0 Å². The molecule has 2 fully saturated rings. The van der Waals surface area contributed by atoms with Gasteiger partial charge in [-0.3, -0.25) is 9.80 Å². The first-order valence-corrected chi connectivity index (χ1v) is 8.38. The van der Waals surface area contributed by atoms with E-state index in [4.69, 9.17) is 5.73 Å². The molecule has 2 aliphatic rings. The van der Waals surface area contributed by atoms with Crippen LogP contribution < -0.4 is 5.73 Å². The maximum absolute atomic E-state index is 6.22. The van der Waals surface area contributed by atoms with Crippen molar-refractivity contribution in [2.24, 2.45) is 11.7 Å². The molecule has 1 unspecified atom stereocenters. The summed E-state index contributed by atoms with van der Waals surface area (Å²) in [6.07, 6.45) is 6.69. The predicted molar refractivity (Wildman–Crippen MR) is 82.3 cm³/mol. The normalized spacial score (nSPS) is 28.7. The van der Waals surface area contributed by atoms with E-state index in [0.717, 1.165) is 25.0 Å². The molecular weight excluding hydrogens is 234 g/mol. The van der Waals surface area contributed by atoms with E-state index in [2.05, 4.69) is 30.6 Å². The molecule has 1 saturated carbocycles. The van der Waals surface area contributed by atoms with Crippen LogP contribution in [-0.4, -0.2) is 54.1 Å². The van der Waals surface area contributed by atoms with E-state index in [0.29, 0.717) is 0 Å². The van der Waals surface area contributed by atoms with Crippen molar-refractivity contribution in [2.45, 2.75) is 64.5 Å². The molecule has 1 saturated heterocycles. The fourth-order valence-electron chi connectivity index (χ4n) is 3.71. The van der Waals surface area contributed by atoms with Gasteiger partial charge in [0.15, 0.2) is 0 Å². The zero-order valence-corrected chi connectivity index (χ0v) is 13.2. The molecule has 19 heavy (non-hydrogen) atoms. The van der Waals surface area contributed by atoms with Crippen molar-refractivity contribution in [1.82, 2.24) is 9.80 Å². The minimum Gasteiger partial charge on any atom is -0.329 e. The number of nitrogens with zero attached hydrogens (tertiary/aromatic N) is 2. The van der Waals surface area contributed by atoms with Crippen molar-refractivity contribution in [3.05, 3.63) is 0 Å². The van der Waals surface area contributed by atoms with Crippen LogP contribution in [0, 0.1) is 5.92 Å². The maximum Gasteiger partial charge on any atom is 0.0470 e. The first-order chi connectivity index (χ1) is 9.19. The third-order valence-corrected chi connectivity index (χ3v) is 5.49. The molecule has 2 rings (SSSR count). The van der Waals surface area contributed by atoms with Gasteiger partial charge in [0.2, 0.25) is 0 Å². The Morgan fingerprint density at radius 3 is 2.42 bits per heavy atom. The minimum atomic E-state index is 0.264. The summed E-state index contributed by atoms with van der Waals surface area (Å²) in [6.45, 7) is 12.6. The van der Waals surface area contributed by atoms with E-state index in [-0.39, 0.29) is 5.54 Å². The van der Waals surface area contributed by atoms with Gasteiger partial charge in [0.25, 0.3) is 0 Å². The van der Waals surface area contributed by atoms with Crippen molar-refractivity contribution in [3.8, 4) is 0 Å². The lowest BCUT2D eigenvalue weighted by Crippen LogP contribution is -2.56. The summed E-state index contributed by atoms with van der Waals surface area (Å²) in [7, 11) is 0. The van der Waals surface area contributed by atoms with Crippen LogP contribution in [0.25, 0.3) is 0 Å². The Balaban J connectivity index is 2.00. The first-order valence-electron chi connectivity index (χ1n) is 8.38. The van der Waals surface area contributed by atoms with Gasteiger partial charge in [-0.2, -0.15) is 0 Å². The average Bonchev–Trinajstić information content (AvgIpc) is 3.21. The average molecular weight is 267 g/mol. The molecule has 112 valence electrons. The summed E-state index contributed by atoms with van der Waals surface area (Å²) < 4.78 is 0. The zero-order chi connectivity index (χ0) is 13.9. The predicted octanol–water partition coefficient (Wildman–Crippen LogP) is 2.31. The fraction of sp³-hybridized carbons (Fsp3) is 1.00. The van der Waals surface area contributed by atoms with E-state index < -0.39 is 0 Å². The van der Waals surface area contributed by atoms with E-state index in [9.17, 15) is 0 Å². The van der Waals surface area contributed by atoms with Gasteiger partial charge in [-0.25, -0.2) is 0 Å². The molecule has 3 heteroatoms. The summed E-state index contributed by atoms with van der Waals surface area (Å²) in [5.41, 5.74) is 6.48. The van der Waals surface area contributed by atoms with Crippen molar-refractivity contribution in [1.29, 1.82) is 0 Å². The zero-order valence-electron chi connectivity index (χ0n) is 13.2. The summed E-state index contributed by atoms with van der Waals surface area (Å²) in [4.78, 5) is 5.40. The Hall–Kier alpha value is -0.120. The molecule has 1 aliphatic carbocycles. The third kappa shape index (κ3) is 3.32. The van der Waals surface area contributed by atoms with Crippen LogP contribution in [0.2, 0.25) is 0 Å². The second-order valence-corrected chi connectivity index (χ2v) is 6.60. The number of rotatable bonds is 8. The number of likely N-dealkylation sites (N-methyl/N-ethyl adjacent to an activating group) is 1. The van der Waals surface area contributed by atoms with Gasteiger partial charge in [0.1, 0.15) is 0 Å². The second kappa shape index (κ2) is 6.55. The highest BCUT2D eigenvalue weighted by atomic mass is 15.3. The van der Waals surface area contributed by atoms with E-state index in [1.165, 1.54) is 51.7 Å².